The Morgan fingerprint density at radius 1 is 1.57 bits per heavy atom. The van der Waals surface area contributed by atoms with E-state index in [1.54, 1.807) is 18.7 Å². The highest BCUT2D eigenvalue weighted by atomic mass is 16.3. The monoisotopic (exact) mass is 198 g/mol. The average Bonchev–Trinajstić information content (AvgIpc) is 2.80. The number of amides is 1. The second-order valence-electron chi connectivity index (χ2n) is 5.22. The van der Waals surface area contributed by atoms with Gasteiger partial charge >= 0.3 is 0 Å². The predicted molar refractivity (Wildman–Crippen MR) is 52.5 cm³/mol. The largest absolute Gasteiger partial charge is 0.386 e. The lowest BCUT2D eigenvalue weighted by molar-refractivity contribution is -0.158. The van der Waals surface area contributed by atoms with E-state index in [4.69, 9.17) is 5.73 Å². The minimum Gasteiger partial charge on any atom is -0.386 e. The van der Waals surface area contributed by atoms with E-state index in [1.807, 2.05) is 0 Å². The summed E-state index contributed by atoms with van der Waals surface area (Å²) in [6, 6.07) is 0. The zero-order chi connectivity index (χ0) is 10.6. The molecule has 1 atom stereocenters. The quantitative estimate of drug-likeness (QED) is 0.640. The van der Waals surface area contributed by atoms with E-state index >= 15 is 0 Å². The third-order valence-electron chi connectivity index (χ3n) is 3.24. The molecule has 1 amide bonds. The molecule has 0 spiro atoms. The van der Waals surface area contributed by atoms with Gasteiger partial charge in [-0.2, -0.15) is 0 Å². The average molecular weight is 198 g/mol. The maximum Gasteiger partial charge on any atom is 0.242 e. The molecule has 1 aliphatic carbocycles. The van der Waals surface area contributed by atoms with Crippen LogP contribution in [0.3, 0.4) is 0 Å². The third-order valence-corrected chi connectivity index (χ3v) is 3.24. The zero-order valence-electron chi connectivity index (χ0n) is 8.79. The molecule has 1 unspecified atom stereocenters. The summed E-state index contributed by atoms with van der Waals surface area (Å²) in [4.78, 5) is 13.6. The van der Waals surface area contributed by atoms with Gasteiger partial charge in [-0.25, -0.2) is 0 Å². The Morgan fingerprint density at radius 2 is 2.07 bits per heavy atom. The number of hydrogen-bond acceptors (Lipinski definition) is 3. The third kappa shape index (κ3) is 1.53. The fraction of sp³-hybridized carbons (Fsp3) is 0.900. The standard InChI is InChI=1S/C10H18N2O2/c1-9(14)5-12(6-9)8(13)10(2,11)7-3-4-7/h7,14H,3-6,11H2,1-2H3. The van der Waals surface area contributed by atoms with Gasteiger partial charge in [0.25, 0.3) is 0 Å². The Balaban J connectivity index is 1.96. The van der Waals surface area contributed by atoms with Crippen LogP contribution in [0.4, 0.5) is 0 Å². The summed E-state index contributed by atoms with van der Waals surface area (Å²) in [7, 11) is 0. The van der Waals surface area contributed by atoms with Crippen LogP contribution in [-0.4, -0.2) is 40.1 Å². The molecule has 80 valence electrons. The van der Waals surface area contributed by atoms with Crippen LogP contribution < -0.4 is 5.73 Å². The van der Waals surface area contributed by atoms with E-state index in [9.17, 15) is 9.90 Å². The van der Waals surface area contributed by atoms with E-state index in [0.29, 0.717) is 19.0 Å². The number of nitrogens with two attached hydrogens (primary N) is 1. The lowest BCUT2D eigenvalue weighted by Gasteiger charge is -2.47. The molecule has 2 aliphatic rings. The molecule has 2 rings (SSSR count). The van der Waals surface area contributed by atoms with Gasteiger partial charge in [-0.15, -0.1) is 0 Å². The van der Waals surface area contributed by atoms with Gasteiger partial charge in [0.2, 0.25) is 5.91 Å². The van der Waals surface area contributed by atoms with Crippen molar-refractivity contribution in [3.63, 3.8) is 0 Å². The van der Waals surface area contributed by atoms with Gasteiger partial charge in [-0.05, 0) is 32.6 Å². The first kappa shape index (κ1) is 9.93. The highest BCUT2D eigenvalue weighted by Gasteiger charge is 2.50. The van der Waals surface area contributed by atoms with Crippen molar-refractivity contribution in [1.29, 1.82) is 0 Å². The van der Waals surface area contributed by atoms with Crippen molar-refractivity contribution in [3.8, 4) is 0 Å². The SMILES string of the molecule is CC1(O)CN(C(=O)C(C)(N)C2CC2)C1. The van der Waals surface area contributed by atoms with Gasteiger partial charge in [-0.3, -0.25) is 4.79 Å². The van der Waals surface area contributed by atoms with Crippen LogP contribution in [0.2, 0.25) is 0 Å². The van der Waals surface area contributed by atoms with Crippen LogP contribution in [0.5, 0.6) is 0 Å². The predicted octanol–water partition coefficient (Wildman–Crippen LogP) is -0.293. The van der Waals surface area contributed by atoms with Gasteiger partial charge < -0.3 is 15.7 Å². The van der Waals surface area contributed by atoms with Crippen molar-refractivity contribution in [2.75, 3.05) is 13.1 Å². The molecule has 1 aliphatic heterocycles. The summed E-state index contributed by atoms with van der Waals surface area (Å²) in [6.45, 7) is 4.39. The van der Waals surface area contributed by atoms with Gasteiger partial charge in [0.05, 0.1) is 24.2 Å². The molecule has 0 aromatic heterocycles. The number of aliphatic hydroxyl groups is 1. The van der Waals surface area contributed by atoms with E-state index < -0.39 is 11.1 Å². The first-order valence-electron chi connectivity index (χ1n) is 5.13. The molecule has 1 saturated carbocycles. The highest BCUT2D eigenvalue weighted by molar-refractivity contribution is 5.87. The summed E-state index contributed by atoms with van der Waals surface area (Å²) in [5.74, 6) is 0.340. The van der Waals surface area contributed by atoms with Crippen LogP contribution in [0.15, 0.2) is 0 Å². The van der Waals surface area contributed by atoms with Crippen molar-refractivity contribution in [3.05, 3.63) is 0 Å². The highest BCUT2D eigenvalue weighted by Crippen LogP contribution is 2.40. The van der Waals surface area contributed by atoms with Crippen molar-refractivity contribution >= 4 is 5.91 Å². The van der Waals surface area contributed by atoms with E-state index in [2.05, 4.69) is 0 Å². The maximum atomic E-state index is 11.9. The summed E-state index contributed by atoms with van der Waals surface area (Å²) in [6.07, 6.45) is 2.12. The Kier molecular flexibility index (Phi) is 1.92. The van der Waals surface area contributed by atoms with E-state index in [0.717, 1.165) is 12.8 Å². The number of rotatable bonds is 2. The molecule has 14 heavy (non-hydrogen) atoms. The fourth-order valence-electron chi connectivity index (χ4n) is 2.12. The molecule has 3 N–H and O–H groups in total. The number of hydrogen-bond donors (Lipinski definition) is 2. The molecule has 1 heterocycles. The maximum absolute atomic E-state index is 11.9. The topological polar surface area (TPSA) is 66.6 Å². The molecule has 0 radical (unpaired) electrons. The minimum absolute atomic E-state index is 0.00785. The summed E-state index contributed by atoms with van der Waals surface area (Å²) in [5.41, 5.74) is 4.58. The molecule has 0 aromatic carbocycles. The second-order valence-corrected chi connectivity index (χ2v) is 5.22. The Bertz CT molecular complexity index is 261. The second kappa shape index (κ2) is 2.70. The Labute approximate surface area is 84.1 Å². The summed E-state index contributed by atoms with van der Waals surface area (Å²) < 4.78 is 0. The number of carbonyl (C=O) groups is 1. The molecule has 2 fully saturated rings. The molecule has 0 bridgehead atoms. The number of β-amino-alcohol motifs (C(OH)–C–C–N with tert-alkyl or cyclic N) is 1. The molecule has 0 aromatic rings. The van der Waals surface area contributed by atoms with Crippen molar-refractivity contribution in [2.24, 2.45) is 11.7 Å². The number of likely N-dealkylation sites (tertiary alicyclic amines) is 1. The van der Waals surface area contributed by atoms with Gasteiger partial charge in [-0.1, -0.05) is 0 Å². The van der Waals surface area contributed by atoms with E-state index in [-0.39, 0.29) is 5.91 Å². The van der Waals surface area contributed by atoms with Crippen LogP contribution in [0.1, 0.15) is 26.7 Å². The van der Waals surface area contributed by atoms with E-state index in [1.165, 1.54) is 0 Å². The smallest absolute Gasteiger partial charge is 0.242 e. The Morgan fingerprint density at radius 3 is 2.43 bits per heavy atom. The lowest BCUT2D eigenvalue weighted by atomic mass is 9.89. The van der Waals surface area contributed by atoms with Gasteiger partial charge in [0, 0.05) is 0 Å². The first-order chi connectivity index (χ1) is 6.33. The van der Waals surface area contributed by atoms with Crippen LogP contribution >= 0.6 is 0 Å². The number of nitrogens with zero attached hydrogens (tertiary/aromatic N) is 1. The van der Waals surface area contributed by atoms with Crippen LogP contribution in [-0.2, 0) is 4.79 Å². The Hall–Kier alpha value is -0.610. The molecule has 1 saturated heterocycles. The van der Waals surface area contributed by atoms with Crippen LogP contribution in [0, 0.1) is 5.92 Å². The van der Waals surface area contributed by atoms with Crippen LogP contribution in [0.25, 0.3) is 0 Å². The zero-order valence-corrected chi connectivity index (χ0v) is 8.79. The fourth-order valence-corrected chi connectivity index (χ4v) is 2.12. The lowest BCUT2D eigenvalue weighted by Crippen LogP contribution is -2.67. The van der Waals surface area contributed by atoms with Crippen molar-refractivity contribution in [1.82, 2.24) is 4.90 Å². The summed E-state index contributed by atoms with van der Waals surface area (Å²) in [5, 5.41) is 9.52. The first-order valence-corrected chi connectivity index (χ1v) is 5.13. The van der Waals surface area contributed by atoms with Crippen molar-refractivity contribution < 1.29 is 9.90 Å². The normalized spacial score (nSPS) is 29.3. The summed E-state index contributed by atoms with van der Waals surface area (Å²) >= 11 is 0. The molecule has 4 heteroatoms. The van der Waals surface area contributed by atoms with Crippen molar-refractivity contribution in [2.45, 2.75) is 37.8 Å². The molecular weight excluding hydrogens is 180 g/mol. The van der Waals surface area contributed by atoms with Gasteiger partial charge in [0.15, 0.2) is 0 Å². The minimum atomic E-state index is -0.712. The molecule has 4 nitrogen and oxygen atoms in total. The number of carbonyl (C=O) groups excluding carboxylic acids is 1. The van der Waals surface area contributed by atoms with Gasteiger partial charge in [0.1, 0.15) is 0 Å². The molecular formula is C10H18N2O2.